The molecule has 0 unspecified atom stereocenters. The van der Waals surface area contributed by atoms with Crippen molar-refractivity contribution in [3.63, 3.8) is 0 Å². The highest BCUT2D eigenvalue weighted by atomic mass is 79.9. The van der Waals surface area contributed by atoms with Crippen LogP contribution in [0.25, 0.3) is 0 Å². The molecule has 0 saturated carbocycles. The summed E-state index contributed by atoms with van der Waals surface area (Å²) in [7, 11) is 0. The molecule has 0 amide bonds. The summed E-state index contributed by atoms with van der Waals surface area (Å²) in [6.07, 6.45) is 1.46. The average molecular weight is 328 g/mol. The van der Waals surface area contributed by atoms with Gasteiger partial charge in [-0.2, -0.15) is 5.10 Å². The number of halogens is 2. The van der Waals surface area contributed by atoms with Crippen molar-refractivity contribution in [3.8, 4) is 11.6 Å². The van der Waals surface area contributed by atoms with Gasteiger partial charge in [-0.15, -0.1) is 5.10 Å². The Hall–Kier alpha value is -1.60. The van der Waals surface area contributed by atoms with Crippen LogP contribution < -0.4 is 10.5 Å². The van der Waals surface area contributed by atoms with Crippen LogP contribution >= 0.6 is 28.1 Å². The van der Waals surface area contributed by atoms with Gasteiger partial charge in [0.2, 0.25) is 5.88 Å². The first-order valence-electron chi connectivity index (χ1n) is 4.82. The number of nitrogens with two attached hydrogens (primary N) is 1. The van der Waals surface area contributed by atoms with Gasteiger partial charge >= 0.3 is 0 Å². The van der Waals surface area contributed by atoms with E-state index >= 15 is 0 Å². The van der Waals surface area contributed by atoms with Gasteiger partial charge in [0, 0.05) is 0 Å². The number of aromatic nitrogens is 2. The first-order chi connectivity index (χ1) is 8.58. The van der Waals surface area contributed by atoms with E-state index in [-0.39, 0.29) is 16.7 Å². The van der Waals surface area contributed by atoms with Gasteiger partial charge in [-0.3, -0.25) is 0 Å². The maximum Gasteiger partial charge on any atom is 0.249 e. The second kappa shape index (κ2) is 5.36. The van der Waals surface area contributed by atoms with Crippen LogP contribution in [0.2, 0.25) is 0 Å². The molecule has 1 heterocycles. The molecule has 0 aliphatic carbocycles. The fraction of sp³-hybridized carbons (Fsp3) is 0. The van der Waals surface area contributed by atoms with Gasteiger partial charge in [0.25, 0.3) is 0 Å². The molecule has 1 aromatic heterocycles. The molecule has 2 aromatic rings. The lowest BCUT2D eigenvalue weighted by molar-refractivity contribution is 0.452. The standard InChI is InChI=1S/C11H7BrFN3OS/c12-8-5-6(1-2-9(8)13)17-11-7(10(14)18)3-4-15-16-11/h1-5H,(H2,14,18). The molecule has 0 bridgehead atoms. The summed E-state index contributed by atoms with van der Waals surface area (Å²) in [6.45, 7) is 0. The Balaban J connectivity index is 2.34. The molecule has 0 aliphatic heterocycles. The second-order valence-electron chi connectivity index (χ2n) is 3.29. The molecule has 2 N–H and O–H groups in total. The van der Waals surface area contributed by atoms with Gasteiger partial charge in [0.1, 0.15) is 16.6 Å². The van der Waals surface area contributed by atoms with E-state index < -0.39 is 0 Å². The Kier molecular flexibility index (Phi) is 3.83. The summed E-state index contributed by atoms with van der Waals surface area (Å²) in [6, 6.07) is 5.82. The van der Waals surface area contributed by atoms with Crippen LogP contribution in [0, 0.1) is 5.82 Å². The smallest absolute Gasteiger partial charge is 0.249 e. The van der Waals surface area contributed by atoms with Crippen molar-refractivity contribution in [2.24, 2.45) is 5.73 Å². The van der Waals surface area contributed by atoms with Gasteiger partial charge in [-0.05, 0) is 40.2 Å². The number of ether oxygens (including phenoxy) is 1. The molecule has 2 rings (SSSR count). The summed E-state index contributed by atoms with van der Waals surface area (Å²) >= 11 is 7.94. The van der Waals surface area contributed by atoms with Crippen molar-refractivity contribution in [3.05, 3.63) is 46.3 Å². The maximum atomic E-state index is 13.1. The Labute approximate surface area is 116 Å². The predicted octanol–water partition coefficient (Wildman–Crippen LogP) is 2.80. The lowest BCUT2D eigenvalue weighted by Crippen LogP contribution is -2.12. The Bertz CT molecular complexity index is 609. The van der Waals surface area contributed by atoms with Crippen LogP contribution in [-0.4, -0.2) is 15.2 Å². The summed E-state index contributed by atoms with van der Waals surface area (Å²) < 4.78 is 18.8. The van der Waals surface area contributed by atoms with E-state index in [0.717, 1.165) is 0 Å². The zero-order chi connectivity index (χ0) is 13.1. The van der Waals surface area contributed by atoms with Crippen molar-refractivity contribution >= 4 is 33.1 Å². The van der Waals surface area contributed by atoms with E-state index in [1.165, 1.54) is 24.4 Å². The van der Waals surface area contributed by atoms with Crippen LogP contribution in [0.15, 0.2) is 34.9 Å². The molecular weight excluding hydrogens is 321 g/mol. The Morgan fingerprint density at radius 3 is 2.83 bits per heavy atom. The first-order valence-corrected chi connectivity index (χ1v) is 6.02. The van der Waals surface area contributed by atoms with Gasteiger partial charge in [-0.25, -0.2) is 4.39 Å². The lowest BCUT2D eigenvalue weighted by Gasteiger charge is -2.08. The van der Waals surface area contributed by atoms with Crippen molar-refractivity contribution in [2.75, 3.05) is 0 Å². The van der Waals surface area contributed by atoms with Crippen LogP contribution in [0.5, 0.6) is 11.6 Å². The van der Waals surface area contributed by atoms with Crippen LogP contribution in [0.3, 0.4) is 0 Å². The molecule has 18 heavy (non-hydrogen) atoms. The van der Waals surface area contributed by atoms with Gasteiger partial charge < -0.3 is 10.5 Å². The van der Waals surface area contributed by atoms with Crippen molar-refractivity contribution in [1.82, 2.24) is 10.2 Å². The van der Waals surface area contributed by atoms with Crippen LogP contribution in [0.4, 0.5) is 4.39 Å². The highest BCUT2D eigenvalue weighted by Crippen LogP contribution is 2.26. The van der Waals surface area contributed by atoms with E-state index in [9.17, 15) is 4.39 Å². The van der Waals surface area contributed by atoms with Gasteiger partial charge in [-0.1, -0.05) is 12.2 Å². The molecule has 92 valence electrons. The van der Waals surface area contributed by atoms with Gasteiger partial charge in [0.05, 0.1) is 16.2 Å². The largest absolute Gasteiger partial charge is 0.437 e. The summed E-state index contributed by atoms with van der Waals surface area (Å²) in [5.41, 5.74) is 6.01. The monoisotopic (exact) mass is 327 g/mol. The quantitative estimate of drug-likeness (QED) is 0.878. The van der Waals surface area contributed by atoms with Crippen LogP contribution in [-0.2, 0) is 0 Å². The minimum absolute atomic E-state index is 0.154. The summed E-state index contributed by atoms with van der Waals surface area (Å²) in [5.74, 6) is 0.209. The molecule has 0 fully saturated rings. The normalized spacial score (nSPS) is 10.1. The van der Waals surface area contributed by atoms with Crippen molar-refractivity contribution in [2.45, 2.75) is 0 Å². The average Bonchev–Trinajstić information content (AvgIpc) is 2.34. The highest BCUT2D eigenvalue weighted by Gasteiger charge is 2.10. The van der Waals surface area contributed by atoms with Crippen molar-refractivity contribution in [1.29, 1.82) is 0 Å². The topological polar surface area (TPSA) is 61.0 Å². The number of nitrogens with zero attached hydrogens (tertiary/aromatic N) is 2. The van der Waals surface area contributed by atoms with E-state index in [4.69, 9.17) is 22.7 Å². The van der Waals surface area contributed by atoms with Crippen molar-refractivity contribution < 1.29 is 9.13 Å². The molecule has 1 aromatic carbocycles. The minimum Gasteiger partial charge on any atom is -0.437 e. The van der Waals surface area contributed by atoms with E-state index in [2.05, 4.69) is 26.1 Å². The Morgan fingerprint density at radius 2 is 2.17 bits per heavy atom. The molecule has 0 aliphatic rings. The molecule has 4 nitrogen and oxygen atoms in total. The molecule has 0 spiro atoms. The maximum absolute atomic E-state index is 13.1. The number of rotatable bonds is 3. The fourth-order valence-electron chi connectivity index (χ4n) is 1.23. The zero-order valence-corrected chi connectivity index (χ0v) is 11.3. The molecule has 0 atom stereocenters. The van der Waals surface area contributed by atoms with Gasteiger partial charge in [0.15, 0.2) is 0 Å². The fourth-order valence-corrected chi connectivity index (χ4v) is 1.75. The third kappa shape index (κ3) is 2.80. The molecule has 7 heteroatoms. The zero-order valence-electron chi connectivity index (χ0n) is 8.93. The minimum atomic E-state index is -0.379. The second-order valence-corrected chi connectivity index (χ2v) is 4.59. The number of hydrogen-bond donors (Lipinski definition) is 1. The summed E-state index contributed by atoms with van der Waals surface area (Å²) in [4.78, 5) is 0.154. The molecule has 0 radical (unpaired) electrons. The molecule has 0 saturated heterocycles. The highest BCUT2D eigenvalue weighted by molar-refractivity contribution is 9.10. The third-order valence-corrected chi connectivity index (χ3v) is 2.89. The van der Waals surface area contributed by atoms with Crippen LogP contribution in [0.1, 0.15) is 5.56 Å². The molecular formula is C11H7BrFN3OS. The Morgan fingerprint density at radius 1 is 1.39 bits per heavy atom. The SMILES string of the molecule is NC(=S)c1ccnnc1Oc1ccc(F)c(Br)c1. The third-order valence-electron chi connectivity index (χ3n) is 2.06. The van der Waals surface area contributed by atoms with E-state index in [0.29, 0.717) is 15.8 Å². The summed E-state index contributed by atoms with van der Waals surface area (Å²) in [5, 5.41) is 7.49. The number of benzene rings is 1. The first kappa shape index (κ1) is 12.8. The number of hydrogen-bond acceptors (Lipinski definition) is 4. The number of thiocarbonyl (C=S) groups is 1. The lowest BCUT2D eigenvalue weighted by atomic mass is 10.3. The van der Waals surface area contributed by atoms with E-state index in [1.54, 1.807) is 6.07 Å². The van der Waals surface area contributed by atoms with E-state index in [1.807, 2.05) is 0 Å². The predicted molar refractivity (Wildman–Crippen MR) is 72.1 cm³/mol.